The molecule has 0 aliphatic carbocycles. The summed E-state index contributed by atoms with van der Waals surface area (Å²) in [6.07, 6.45) is 77.2. The van der Waals surface area contributed by atoms with Crippen molar-refractivity contribution in [1.29, 1.82) is 0 Å². The van der Waals surface area contributed by atoms with Gasteiger partial charge in [-0.15, -0.1) is 11.1 Å². The summed E-state index contributed by atoms with van der Waals surface area (Å²) in [6.45, 7) is 51.6. The maximum absolute atomic E-state index is 6.99. The van der Waals surface area contributed by atoms with Crippen molar-refractivity contribution in [2.24, 2.45) is 0 Å². The molecule has 8 nitrogen and oxygen atoms in total. The highest BCUT2D eigenvalue weighted by molar-refractivity contribution is 6.91. The van der Waals surface area contributed by atoms with Gasteiger partial charge in [-0.2, -0.15) is 0 Å². The highest BCUT2D eigenvalue weighted by Crippen LogP contribution is 2.44. The molecule has 0 amide bonds. The lowest BCUT2D eigenvalue weighted by Crippen LogP contribution is -2.43. The standard InChI is InChI=1S/C138H218O8Si2/c1-21-29-37-45-53-63-73-83-99-139-131-111-125(93-95-127-113-137(145-105-89-79-69-59-51-43-35-27-7)129(97-107-147(117(9)10,118(11)12)119(13)14)115-135(127)143-103-87-77-67-57-49-41-33-25-5)133(141-101-85-75-65-55-47-39-31-23-3)109-123(131)91-81-71-61-62-72-82-92-124-110-134(142-102-86-76-66-56-48-40-32-24-4)126(112-132(124)140-100-84-74-64-54-46-38-30-22-2)94-96-128-114-138(146-106-90-80-70-60-52-44-36-28-8)130(98-108-148(120(15)16,121(17)18)122(19)20)116-136(128)144-104-88-78-68-58-50-42-34-26-6/h109-122H,21-60,63-70,73-80,83-90,99-106H2,1-20H3. The van der Waals surface area contributed by atoms with E-state index in [9.17, 15) is 0 Å². The summed E-state index contributed by atoms with van der Waals surface area (Å²) in [7, 11) is -4.29. The van der Waals surface area contributed by atoms with Gasteiger partial charge in [0.15, 0.2) is 0 Å². The number of rotatable bonds is 86. The van der Waals surface area contributed by atoms with Gasteiger partial charge < -0.3 is 37.9 Å². The van der Waals surface area contributed by atoms with Gasteiger partial charge in [-0.25, -0.2) is 0 Å². The molecule has 0 fully saturated rings. The summed E-state index contributed by atoms with van der Waals surface area (Å²) < 4.78 is 55.7. The third-order valence-corrected chi connectivity index (χ3v) is 42.9. The molecule has 0 N–H and O–H groups in total. The molecular formula is C138H218O8Si2. The molecule has 0 saturated carbocycles. The smallest absolute Gasteiger partial charge is 0.146 e. The van der Waals surface area contributed by atoms with Crippen molar-refractivity contribution in [2.75, 3.05) is 52.9 Å². The average Bonchev–Trinajstić information content (AvgIpc) is 0.799. The van der Waals surface area contributed by atoms with Crippen LogP contribution in [0.4, 0.5) is 0 Å². The van der Waals surface area contributed by atoms with E-state index in [2.05, 4.69) is 269 Å². The van der Waals surface area contributed by atoms with Crippen LogP contribution in [-0.4, -0.2) is 69.0 Å². The SMILES string of the molecule is CCCCCCCCCCOc1cc(C#Cc2cc(OCCCCCCCCCC)c(C#C[Si](C(C)C)(C(C)C)C(C)C)cc2OCCCCCCCCCC)c(OCCCCCCCCCC)cc1C#CC#CC#CC#Cc1cc(OCCCCCCCCCC)c(C#Cc2cc(OCCCCCCCCCC)c(C#C[Si](C(C)C)(C(C)C)C(C)C)cc2OCCCCCCCCCC)cc1OCCCCCCCCCC. The summed E-state index contributed by atoms with van der Waals surface area (Å²) in [5.74, 6) is 53.9. The van der Waals surface area contributed by atoms with Crippen molar-refractivity contribution in [1.82, 2.24) is 0 Å². The van der Waals surface area contributed by atoms with E-state index in [4.69, 9.17) is 37.9 Å². The third kappa shape index (κ3) is 57.2. The van der Waals surface area contributed by atoms with Gasteiger partial charge in [0.1, 0.15) is 62.1 Å². The van der Waals surface area contributed by atoms with E-state index in [1.54, 1.807) is 0 Å². The molecule has 0 unspecified atom stereocenters. The van der Waals surface area contributed by atoms with E-state index in [1.807, 2.05) is 12.1 Å². The first-order chi connectivity index (χ1) is 72.3. The van der Waals surface area contributed by atoms with E-state index in [0.29, 0.717) is 120 Å². The van der Waals surface area contributed by atoms with Gasteiger partial charge in [-0.3, -0.25) is 0 Å². The molecule has 0 saturated heterocycles. The van der Waals surface area contributed by atoms with Crippen LogP contribution in [0.3, 0.4) is 0 Å². The van der Waals surface area contributed by atoms with E-state index in [0.717, 1.165) is 159 Å². The van der Waals surface area contributed by atoms with Gasteiger partial charge in [0.2, 0.25) is 0 Å². The van der Waals surface area contributed by atoms with Gasteiger partial charge >= 0.3 is 0 Å². The minimum atomic E-state index is -2.14. The Morgan fingerprint density at radius 2 is 0.264 bits per heavy atom. The molecule has 826 valence electrons. The van der Waals surface area contributed by atoms with Crippen LogP contribution >= 0.6 is 0 Å². The molecule has 0 aliphatic rings. The molecule has 0 bridgehead atoms. The second-order valence-electron chi connectivity index (χ2n) is 44.8. The Hall–Kier alpha value is -7.81. The predicted octanol–water partition coefficient (Wildman–Crippen LogP) is 41.2. The van der Waals surface area contributed by atoms with Crippen LogP contribution in [0.1, 0.15) is 594 Å². The first kappa shape index (κ1) is 132. The van der Waals surface area contributed by atoms with Gasteiger partial charge in [0, 0.05) is 48.5 Å². The summed E-state index contributed by atoms with van der Waals surface area (Å²) in [5.41, 5.74) is 17.2. The molecule has 4 rings (SSSR count). The molecule has 148 heavy (non-hydrogen) atoms. The fourth-order valence-electron chi connectivity index (χ4n) is 21.1. The second kappa shape index (κ2) is 87.6. The second-order valence-corrected chi connectivity index (χ2v) is 55.9. The van der Waals surface area contributed by atoms with Crippen molar-refractivity contribution in [2.45, 2.75) is 583 Å². The van der Waals surface area contributed by atoms with Crippen molar-refractivity contribution in [3.05, 3.63) is 93.0 Å². The minimum absolute atomic E-state index is 0.478. The van der Waals surface area contributed by atoms with E-state index >= 15 is 0 Å². The lowest BCUT2D eigenvalue weighted by molar-refractivity contribution is 0.294. The Bertz CT molecular complexity index is 4320. The molecule has 0 heterocycles. The Morgan fingerprint density at radius 3 is 0.399 bits per heavy atom. The van der Waals surface area contributed by atoms with Crippen LogP contribution < -0.4 is 37.9 Å². The van der Waals surface area contributed by atoms with Crippen molar-refractivity contribution >= 4 is 16.1 Å². The Morgan fingerprint density at radius 1 is 0.149 bits per heavy atom. The molecule has 0 aromatic heterocycles. The number of hydrogen-bond donors (Lipinski definition) is 0. The molecule has 0 radical (unpaired) electrons. The number of ether oxygens (including phenoxy) is 8. The molecule has 0 atom stereocenters. The third-order valence-electron chi connectivity index (χ3n) is 30.3. The van der Waals surface area contributed by atoms with Crippen molar-refractivity contribution in [3.63, 3.8) is 0 Å². The van der Waals surface area contributed by atoms with Crippen LogP contribution in [0.2, 0.25) is 33.2 Å². The fourth-order valence-corrected chi connectivity index (χ4v) is 31.6. The van der Waals surface area contributed by atoms with Crippen LogP contribution in [-0.2, 0) is 0 Å². The first-order valence-electron chi connectivity index (χ1n) is 62.1. The average molecular weight is 2060 g/mol. The molecule has 10 heteroatoms. The zero-order valence-corrected chi connectivity index (χ0v) is 101. The first-order valence-corrected chi connectivity index (χ1v) is 66.6. The lowest BCUT2D eigenvalue weighted by Gasteiger charge is -2.38. The molecule has 0 spiro atoms. The van der Waals surface area contributed by atoms with Crippen LogP contribution in [0.15, 0.2) is 48.5 Å². The zero-order valence-electron chi connectivity index (χ0n) is 99.3. The van der Waals surface area contributed by atoms with Crippen LogP contribution in [0.25, 0.3) is 0 Å². The minimum Gasteiger partial charge on any atom is -0.492 e. The monoisotopic (exact) mass is 2060 g/mol. The van der Waals surface area contributed by atoms with Crippen molar-refractivity contribution < 1.29 is 37.9 Å². The fraction of sp³-hybridized carbons (Fsp3) is 0.710. The Balaban J connectivity index is 2.09. The lowest BCUT2D eigenvalue weighted by atomic mass is 10.1. The summed E-state index contributed by atoms with van der Waals surface area (Å²) >= 11 is 0. The summed E-state index contributed by atoms with van der Waals surface area (Å²) in [5, 5.41) is 0. The predicted molar refractivity (Wildman–Crippen MR) is 648 cm³/mol. The highest BCUT2D eigenvalue weighted by atomic mass is 28.3. The maximum Gasteiger partial charge on any atom is 0.146 e. The molecule has 4 aromatic rings. The largest absolute Gasteiger partial charge is 0.492 e. The highest BCUT2D eigenvalue weighted by Gasteiger charge is 2.43. The number of unbranched alkanes of at least 4 members (excludes halogenated alkanes) is 56. The normalized spacial score (nSPS) is 11.2. The van der Waals surface area contributed by atoms with Crippen molar-refractivity contribution in [3.8, 4) is 140 Å². The molecular weight excluding hydrogens is 1840 g/mol. The van der Waals surface area contributed by atoms with E-state index in [1.165, 1.54) is 308 Å². The number of hydrogen-bond acceptors (Lipinski definition) is 8. The van der Waals surface area contributed by atoms with E-state index < -0.39 is 16.1 Å². The quantitative estimate of drug-likeness (QED) is 0.0246. The van der Waals surface area contributed by atoms with Gasteiger partial charge in [-0.1, -0.05) is 534 Å². The Kier molecular flexibility index (Phi) is 78.4. The van der Waals surface area contributed by atoms with Crippen LogP contribution in [0, 0.1) is 94.0 Å². The maximum atomic E-state index is 6.99. The zero-order chi connectivity index (χ0) is 107. The van der Waals surface area contributed by atoms with E-state index in [-0.39, 0.29) is 0 Å². The molecule has 4 aromatic carbocycles. The summed E-state index contributed by atoms with van der Waals surface area (Å²) in [6, 6.07) is 16.8. The summed E-state index contributed by atoms with van der Waals surface area (Å²) in [4.78, 5) is 0. The molecule has 0 aliphatic heterocycles. The van der Waals surface area contributed by atoms with Gasteiger partial charge in [-0.05, 0) is 132 Å². The van der Waals surface area contributed by atoms with Gasteiger partial charge in [0.05, 0.1) is 97.4 Å². The van der Waals surface area contributed by atoms with Crippen LogP contribution in [0.5, 0.6) is 46.0 Å². The number of benzene rings is 4. The Labute approximate surface area is 916 Å². The topological polar surface area (TPSA) is 73.8 Å². The van der Waals surface area contributed by atoms with Gasteiger partial charge in [0.25, 0.3) is 0 Å².